The van der Waals surface area contributed by atoms with Crippen molar-refractivity contribution in [3.63, 3.8) is 0 Å². The Labute approximate surface area is 153 Å². The number of anilines is 2. The number of amides is 2. The van der Waals surface area contributed by atoms with E-state index < -0.39 is 12.0 Å². The molecule has 1 atom stereocenters. The summed E-state index contributed by atoms with van der Waals surface area (Å²) in [6, 6.07) is 11.2. The van der Waals surface area contributed by atoms with Gasteiger partial charge in [0.1, 0.15) is 11.3 Å². The second-order valence-electron chi connectivity index (χ2n) is 6.39. The van der Waals surface area contributed by atoms with Crippen LogP contribution < -0.4 is 20.8 Å². The summed E-state index contributed by atoms with van der Waals surface area (Å²) in [6.45, 7) is 3.52. The molecule has 0 saturated carbocycles. The van der Waals surface area contributed by atoms with Gasteiger partial charge in [0.05, 0.1) is 11.1 Å². The van der Waals surface area contributed by atoms with Crippen LogP contribution in [0.2, 0.25) is 0 Å². The van der Waals surface area contributed by atoms with Crippen molar-refractivity contribution >= 4 is 34.2 Å². The van der Waals surface area contributed by atoms with Crippen LogP contribution in [0.4, 0.5) is 11.4 Å². The Morgan fingerprint density at radius 1 is 1.11 bits per heavy atom. The lowest BCUT2D eigenvalue weighted by molar-refractivity contribution is -0.122. The number of aryl methyl sites for hydroxylation is 1. The summed E-state index contributed by atoms with van der Waals surface area (Å²) in [4.78, 5) is 36.5. The minimum atomic E-state index is -0.576. The van der Waals surface area contributed by atoms with Gasteiger partial charge in [0.2, 0.25) is 0 Å². The third kappa shape index (κ3) is 3.15. The molecule has 2 amide bonds. The van der Waals surface area contributed by atoms with Gasteiger partial charge in [0, 0.05) is 11.8 Å². The van der Waals surface area contributed by atoms with Crippen molar-refractivity contribution in [1.29, 1.82) is 0 Å². The lowest BCUT2D eigenvalue weighted by Gasteiger charge is -2.23. The molecule has 7 heteroatoms. The third-order valence-electron chi connectivity index (χ3n) is 4.27. The van der Waals surface area contributed by atoms with Crippen molar-refractivity contribution in [2.75, 3.05) is 10.6 Å². The van der Waals surface area contributed by atoms with Crippen molar-refractivity contribution in [3.8, 4) is 5.75 Å². The van der Waals surface area contributed by atoms with Crippen LogP contribution in [0.1, 0.15) is 23.0 Å². The van der Waals surface area contributed by atoms with Gasteiger partial charge >= 0.3 is 0 Å². The number of fused-ring (bicyclic) bond motifs is 2. The molecule has 0 spiro atoms. The first-order valence-electron chi connectivity index (χ1n) is 8.38. The molecule has 0 unspecified atom stereocenters. The Morgan fingerprint density at radius 2 is 1.93 bits per heavy atom. The van der Waals surface area contributed by atoms with E-state index in [0.717, 1.165) is 5.56 Å². The molecule has 1 aliphatic rings. The Bertz CT molecular complexity index is 1150. The molecule has 136 valence electrons. The molecule has 0 saturated heterocycles. The van der Waals surface area contributed by atoms with E-state index in [0.29, 0.717) is 28.1 Å². The van der Waals surface area contributed by atoms with Crippen LogP contribution in [-0.2, 0) is 4.79 Å². The fourth-order valence-electron chi connectivity index (χ4n) is 2.86. The number of benzene rings is 2. The van der Waals surface area contributed by atoms with Crippen LogP contribution in [0.5, 0.6) is 5.75 Å². The molecule has 3 aromatic rings. The van der Waals surface area contributed by atoms with Crippen LogP contribution in [0.3, 0.4) is 0 Å². The van der Waals surface area contributed by atoms with Gasteiger partial charge in [-0.05, 0) is 44.2 Å². The Morgan fingerprint density at radius 3 is 2.74 bits per heavy atom. The maximum absolute atomic E-state index is 12.5. The van der Waals surface area contributed by atoms with E-state index in [1.165, 1.54) is 6.07 Å². The van der Waals surface area contributed by atoms with E-state index in [-0.39, 0.29) is 17.1 Å². The van der Waals surface area contributed by atoms with Crippen molar-refractivity contribution in [2.45, 2.75) is 20.0 Å². The van der Waals surface area contributed by atoms with E-state index in [1.807, 2.05) is 6.92 Å². The fourth-order valence-corrected chi connectivity index (χ4v) is 2.86. The predicted octanol–water partition coefficient (Wildman–Crippen LogP) is 3.07. The van der Waals surface area contributed by atoms with Gasteiger partial charge in [-0.3, -0.25) is 14.4 Å². The molecule has 1 aromatic heterocycles. The monoisotopic (exact) mass is 364 g/mol. The number of nitrogens with one attached hydrogen (secondary N) is 2. The quantitative estimate of drug-likeness (QED) is 0.728. The van der Waals surface area contributed by atoms with Crippen LogP contribution in [0.25, 0.3) is 11.0 Å². The number of ether oxygens (including phenoxy) is 1. The largest absolute Gasteiger partial charge is 0.479 e. The lowest BCUT2D eigenvalue weighted by Crippen LogP contribution is -2.34. The molecule has 1 aliphatic heterocycles. The maximum atomic E-state index is 12.5. The van der Waals surface area contributed by atoms with Gasteiger partial charge in [-0.1, -0.05) is 11.6 Å². The summed E-state index contributed by atoms with van der Waals surface area (Å²) >= 11 is 0. The Hall–Kier alpha value is -3.61. The summed E-state index contributed by atoms with van der Waals surface area (Å²) in [6.07, 6.45) is -0.576. The number of carbonyl (C=O) groups excluding carboxylic acids is 2. The average Bonchev–Trinajstić information content (AvgIpc) is 2.63. The average molecular weight is 364 g/mol. The first kappa shape index (κ1) is 16.8. The third-order valence-corrected chi connectivity index (χ3v) is 4.27. The smallest absolute Gasteiger partial charge is 0.291 e. The van der Waals surface area contributed by atoms with E-state index in [1.54, 1.807) is 43.3 Å². The molecular formula is C20H16N2O5. The second-order valence-corrected chi connectivity index (χ2v) is 6.39. The van der Waals surface area contributed by atoms with Crippen molar-refractivity contribution in [2.24, 2.45) is 0 Å². The summed E-state index contributed by atoms with van der Waals surface area (Å²) < 4.78 is 11.0. The first-order valence-corrected chi connectivity index (χ1v) is 8.38. The Balaban J connectivity index is 1.62. The van der Waals surface area contributed by atoms with Crippen LogP contribution in [0.15, 0.2) is 51.7 Å². The van der Waals surface area contributed by atoms with Gasteiger partial charge in [-0.25, -0.2) is 0 Å². The minimum Gasteiger partial charge on any atom is -0.479 e. The zero-order chi connectivity index (χ0) is 19.1. The van der Waals surface area contributed by atoms with E-state index in [9.17, 15) is 14.4 Å². The molecule has 0 radical (unpaired) electrons. The van der Waals surface area contributed by atoms with Gasteiger partial charge in [0.25, 0.3) is 11.8 Å². The lowest BCUT2D eigenvalue weighted by atomic mass is 10.1. The van der Waals surface area contributed by atoms with Gasteiger partial charge < -0.3 is 19.8 Å². The van der Waals surface area contributed by atoms with Crippen LogP contribution in [0, 0.1) is 6.92 Å². The molecule has 0 aliphatic carbocycles. The highest BCUT2D eigenvalue weighted by Crippen LogP contribution is 2.32. The molecule has 2 aromatic carbocycles. The molecule has 2 heterocycles. The number of carbonyl (C=O) groups is 2. The fraction of sp³-hybridized carbons (Fsp3) is 0.150. The Kier molecular flexibility index (Phi) is 3.92. The SMILES string of the molecule is Cc1ccc2oc(C(=O)Nc3ccc4c(c3)NC(=O)[C@H](C)O4)cc(=O)c2c1. The number of hydrogen-bond acceptors (Lipinski definition) is 5. The van der Waals surface area contributed by atoms with E-state index in [2.05, 4.69) is 10.6 Å². The standard InChI is InChI=1S/C20H16N2O5/c1-10-3-5-16-13(7-10)15(23)9-18(27-16)20(25)21-12-4-6-17-14(8-12)22-19(24)11(2)26-17/h3-9,11H,1-2H3,(H,21,25)(H,22,24)/t11-/m0/s1. The normalized spacial score (nSPS) is 15.6. The number of hydrogen-bond donors (Lipinski definition) is 2. The van der Waals surface area contributed by atoms with Crippen LogP contribution >= 0.6 is 0 Å². The van der Waals surface area contributed by atoms with Crippen LogP contribution in [-0.4, -0.2) is 17.9 Å². The highest BCUT2D eigenvalue weighted by molar-refractivity contribution is 6.04. The highest BCUT2D eigenvalue weighted by Gasteiger charge is 2.24. The molecule has 4 rings (SSSR count). The molecule has 0 bridgehead atoms. The minimum absolute atomic E-state index is 0.0945. The maximum Gasteiger partial charge on any atom is 0.291 e. The summed E-state index contributed by atoms with van der Waals surface area (Å²) in [7, 11) is 0. The van der Waals surface area contributed by atoms with Gasteiger partial charge in [-0.15, -0.1) is 0 Å². The zero-order valence-corrected chi connectivity index (χ0v) is 14.7. The second kappa shape index (κ2) is 6.28. The van der Waals surface area contributed by atoms with Crippen molar-refractivity contribution in [1.82, 2.24) is 0 Å². The predicted molar refractivity (Wildman–Crippen MR) is 100 cm³/mol. The summed E-state index contributed by atoms with van der Waals surface area (Å²) in [5.74, 6) is -0.400. The topological polar surface area (TPSA) is 97.6 Å². The molecule has 27 heavy (non-hydrogen) atoms. The molecule has 2 N–H and O–H groups in total. The van der Waals surface area contributed by atoms with E-state index in [4.69, 9.17) is 9.15 Å². The first-order chi connectivity index (χ1) is 12.9. The zero-order valence-electron chi connectivity index (χ0n) is 14.7. The van der Waals surface area contributed by atoms with Gasteiger partial charge in [-0.2, -0.15) is 0 Å². The number of rotatable bonds is 2. The van der Waals surface area contributed by atoms with E-state index >= 15 is 0 Å². The summed E-state index contributed by atoms with van der Waals surface area (Å²) in [5, 5.41) is 5.80. The summed E-state index contributed by atoms with van der Waals surface area (Å²) in [5.41, 5.74) is 1.89. The van der Waals surface area contributed by atoms with Crippen molar-refractivity contribution < 1.29 is 18.7 Å². The molecular weight excluding hydrogens is 348 g/mol. The molecule has 0 fully saturated rings. The van der Waals surface area contributed by atoms with Gasteiger partial charge in [0.15, 0.2) is 17.3 Å². The highest BCUT2D eigenvalue weighted by atomic mass is 16.5. The van der Waals surface area contributed by atoms with Crippen molar-refractivity contribution in [3.05, 3.63) is 64.0 Å². The molecule has 7 nitrogen and oxygen atoms in total.